The molecule has 0 amide bonds. The summed E-state index contributed by atoms with van der Waals surface area (Å²) in [5.74, 6) is 2.84. The highest BCUT2D eigenvalue weighted by molar-refractivity contribution is 5.06. The first-order valence-electron chi connectivity index (χ1n) is 5.68. The average Bonchev–Trinajstić information content (AvgIpc) is 2.95. The largest absolute Gasteiger partial charge is 0.462 e. The molecule has 0 saturated heterocycles. The van der Waals surface area contributed by atoms with Gasteiger partial charge in [-0.25, -0.2) is 0 Å². The van der Waals surface area contributed by atoms with Gasteiger partial charge in [-0.05, 0) is 31.5 Å². The van der Waals surface area contributed by atoms with E-state index in [1.165, 1.54) is 19.3 Å². The maximum atomic E-state index is 5.56. The fraction of sp³-hybridized carbons (Fsp3) is 0.667. The normalized spacial score (nSPS) is 15.8. The zero-order chi connectivity index (χ0) is 10.5. The van der Waals surface area contributed by atoms with Gasteiger partial charge in [-0.3, -0.25) is 0 Å². The molecule has 0 aromatic carbocycles. The standard InChI is InChI=1S/C12H19NO2/c1-13-8-11-4-5-12(15-11)9-14-7-6-10-2-3-10/h4-5,10,13H,2-3,6-9H2,1H3. The minimum atomic E-state index is 0.608. The summed E-state index contributed by atoms with van der Waals surface area (Å²) in [6, 6.07) is 3.99. The number of hydrogen-bond acceptors (Lipinski definition) is 3. The van der Waals surface area contributed by atoms with E-state index in [2.05, 4.69) is 5.32 Å². The fourth-order valence-corrected chi connectivity index (χ4v) is 1.60. The molecule has 1 N–H and O–H groups in total. The second-order valence-electron chi connectivity index (χ2n) is 4.18. The highest BCUT2D eigenvalue weighted by Gasteiger charge is 2.20. The van der Waals surface area contributed by atoms with E-state index < -0.39 is 0 Å². The summed E-state index contributed by atoms with van der Waals surface area (Å²) < 4.78 is 11.1. The quantitative estimate of drug-likeness (QED) is 0.700. The van der Waals surface area contributed by atoms with E-state index in [0.717, 1.165) is 30.6 Å². The average molecular weight is 209 g/mol. The Balaban J connectivity index is 1.63. The predicted molar refractivity (Wildman–Crippen MR) is 58.5 cm³/mol. The molecular formula is C12H19NO2. The van der Waals surface area contributed by atoms with Crippen molar-refractivity contribution >= 4 is 0 Å². The molecule has 1 saturated carbocycles. The van der Waals surface area contributed by atoms with Crippen LogP contribution in [0.5, 0.6) is 0 Å². The van der Waals surface area contributed by atoms with Gasteiger partial charge >= 0.3 is 0 Å². The molecule has 3 nitrogen and oxygen atoms in total. The Morgan fingerprint density at radius 1 is 1.40 bits per heavy atom. The lowest BCUT2D eigenvalue weighted by atomic mass is 10.3. The molecule has 0 radical (unpaired) electrons. The summed E-state index contributed by atoms with van der Waals surface area (Å²) in [5, 5.41) is 3.05. The van der Waals surface area contributed by atoms with Crippen molar-refractivity contribution in [2.45, 2.75) is 32.4 Å². The van der Waals surface area contributed by atoms with Crippen molar-refractivity contribution in [2.24, 2.45) is 5.92 Å². The van der Waals surface area contributed by atoms with Crippen LogP contribution in [0.2, 0.25) is 0 Å². The third-order valence-electron chi connectivity index (χ3n) is 2.68. The predicted octanol–water partition coefficient (Wildman–Crippen LogP) is 2.32. The van der Waals surface area contributed by atoms with E-state index in [1.54, 1.807) is 0 Å². The van der Waals surface area contributed by atoms with E-state index >= 15 is 0 Å². The van der Waals surface area contributed by atoms with Gasteiger partial charge in [0.05, 0.1) is 6.54 Å². The van der Waals surface area contributed by atoms with Crippen LogP contribution in [0.25, 0.3) is 0 Å². The Morgan fingerprint density at radius 2 is 2.20 bits per heavy atom. The Bertz CT molecular complexity index is 292. The van der Waals surface area contributed by atoms with Crippen molar-refractivity contribution < 1.29 is 9.15 Å². The number of hydrogen-bond donors (Lipinski definition) is 1. The zero-order valence-electron chi connectivity index (χ0n) is 9.29. The number of rotatable bonds is 7. The minimum absolute atomic E-state index is 0.608. The summed E-state index contributed by atoms with van der Waals surface area (Å²) in [4.78, 5) is 0. The van der Waals surface area contributed by atoms with Crippen molar-refractivity contribution in [3.8, 4) is 0 Å². The Hall–Kier alpha value is -0.800. The van der Waals surface area contributed by atoms with E-state index in [9.17, 15) is 0 Å². The van der Waals surface area contributed by atoms with Crippen LogP contribution in [-0.4, -0.2) is 13.7 Å². The van der Waals surface area contributed by atoms with Crippen molar-refractivity contribution in [3.63, 3.8) is 0 Å². The van der Waals surface area contributed by atoms with Crippen molar-refractivity contribution in [2.75, 3.05) is 13.7 Å². The fourth-order valence-electron chi connectivity index (χ4n) is 1.60. The van der Waals surface area contributed by atoms with Gasteiger partial charge in [0, 0.05) is 6.61 Å². The Labute approximate surface area is 90.8 Å². The topological polar surface area (TPSA) is 34.4 Å². The van der Waals surface area contributed by atoms with Crippen LogP contribution in [-0.2, 0) is 17.9 Å². The molecule has 0 spiro atoms. The number of ether oxygens (including phenoxy) is 1. The highest BCUT2D eigenvalue weighted by Crippen LogP contribution is 2.32. The maximum absolute atomic E-state index is 5.56. The molecule has 0 unspecified atom stereocenters. The summed E-state index contributed by atoms with van der Waals surface area (Å²) in [7, 11) is 1.91. The van der Waals surface area contributed by atoms with Gasteiger partial charge in [-0.15, -0.1) is 0 Å². The molecule has 1 aliphatic rings. The molecule has 15 heavy (non-hydrogen) atoms. The molecule has 3 heteroatoms. The van der Waals surface area contributed by atoms with Gasteiger partial charge < -0.3 is 14.5 Å². The molecular weight excluding hydrogens is 190 g/mol. The van der Waals surface area contributed by atoms with Gasteiger partial charge in [-0.1, -0.05) is 12.8 Å². The first-order valence-corrected chi connectivity index (χ1v) is 5.68. The lowest BCUT2D eigenvalue weighted by Gasteiger charge is -2.00. The van der Waals surface area contributed by atoms with Crippen LogP contribution in [0.15, 0.2) is 16.5 Å². The van der Waals surface area contributed by atoms with Crippen LogP contribution in [0.3, 0.4) is 0 Å². The van der Waals surface area contributed by atoms with Gasteiger partial charge in [0.15, 0.2) is 0 Å². The minimum Gasteiger partial charge on any atom is -0.462 e. The van der Waals surface area contributed by atoms with Crippen LogP contribution in [0.4, 0.5) is 0 Å². The van der Waals surface area contributed by atoms with Gasteiger partial charge in [0.25, 0.3) is 0 Å². The number of furan rings is 1. The van der Waals surface area contributed by atoms with Crippen molar-refractivity contribution in [3.05, 3.63) is 23.7 Å². The van der Waals surface area contributed by atoms with E-state index in [0.29, 0.717) is 6.61 Å². The molecule has 1 aliphatic carbocycles. The third-order valence-corrected chi connectivity index (χ3v) is 2.68. The van der Waals surface area contributed by atoms with Gasteiger partial charge in [0.1, 0.15) is 18.1 Å². The van der Waals surface area contributed by atoms with Gasteiger partial charge in [-0.2, -0.15) is 0 Å². The monoisotopic (exact) mass is 209 g/mol. The molecule has 84 valence electrons. The number of nitrogens with one attached hydrogen (secondary N) is 1. The summed E-state index contributed by atoms with van der Waals surface area (Å²) in [6.45, 7) is 2.26. The highest BCUT2D eigenvalue weighted by atomic mass is 16.5. The lowest BCUT2D eigenvalue weighted by molar-refractivity contribution is 0.0999. The second kappa shape index (κ2) is 5.33. The lowest BCUT2D eigenvalue weighted by Crippen LogP contribution is -2.03. The Kier molecular flexibility index (Phi) is 3.80. The van der Waals surface area contributed by atoms with E-state index in [4.69, 9.17) is 9.15 Å². The molecule has 1 aromatic rings. The summed E-state index contributed by atoms with van der Waals surface area (Å²) >= 11 is 0. The van der Waals surface area contributed by atoms with Crippen LogP contribution in [0.1, 0.15) is 30.8 Å². The van der Waals surface area contributed by atoms with E-state index in [1.807, 2.05) is 19.2 Å². The Morgan fingerprint density at radius 3 is 2.93 bits per heavy atom. The summed E-state index contributed by atoms with van der Waals surface area (Å²) in [5.41, 5.74) is 0. The van der Waals surface area contributed by atoms with E-state index in [-0.39, 0.29) is 0 Å². The maximum Gasteiger partial charge on any atom is 0.129 e. The second-order valence-corrected chi connectivity index (χ2v) is 4.18. The van der Waals surface area contributed by atoms with Crippen molar-refractivity contribution in [1.82, 2.24) is 5.32 Å². The SMILES string of the molecule is CNCc1ccc(COCCC2CC2)o1. The zero-order valence-corrected chi connectivity index (χ0v) is 9.29. The molecule has 2 rings (SSSR count). The first kappa shape index (κ1) is 10.7. The van der Waals surface area contributed by atoms with Crippen LogP contribution < -0.4 is 5.32 Å². The molecule has 0 bridgehead atoms. The third kappa shape index (κ3) is 3.68. The smallest absolute Gasteiger partial charge is 0.129 e. The molecule has 0 aliphatic heterocycles. The molecule has 1 heterocycles. The van der Waals surface area contributed by atoms with Crippen LogP contribution in [0, 0.1) is 5.92 Å². The van der Waals surface area contributed by atoms with Gasteiger partial charge in [0.2, 0.25) is 0 Å². The molecule has 0 atom stereocenters. The van der Waals surface area contributed by atoms with Crippen LogP contribution >= 0.6 is 0 Å². The van der Waals surface area contributed by atoms with Crippen molar-refractivity contribution in [1.29, 1.82) is 0 Å². The molecule has 1 fully saturated rings. The first-order chi connectivity index (χ1) is 7.38. The summed E-state index contributed by atoms with van der Waals surface area (Å²) in [6.07, 6.45) is 4.01. The molecule has 1 aromatic heterocycles.